The van der Waals surface area contributed by atoms with Crippen molar-refractivity contribution in [1.82, 2.24) is 37.2 Å². The van der Waals surface area contributed by atoms with Crippen molar-refractivity contribution in [2.24, 2.45) is 11.1 Å². The lowest BCUT2D eigenvalue weighted by Gasteiger charge is -2.37. The number of carbonyl (C=O) groups excluding carboxylic acids is 1. The molecule has 0 atom stereocenters. The summed E-state index contributed by atoms with van der Waals surface area (Å²) in [5, 5.41) is 25.4. The second-order valence-corrected chi connectivity index (χ2v) is 11.3. The number of benzene rings is 1. The van der Waals surface area contributed by atoms with Crippen LogP contribution in [0.15, 0.2) is 24.3 Å². The summed E-state index contributed by atoms with van der Waals surface area (Å²) in [6, 6.07) is 8.05. The molecular weight excluding hydrogens is 440 g/mol. The standard InChI is InChI=1S/C26H48N8O/c1-24(2,3)23(35)22-6-4-21(5-7-22)14-34-26-18-31-11-8-28-15-25(27,16-29-9-12-32-19-26)17-30-10-13-33-20-26/h4-7,28-34H,8-20,27H2,1-3H3. The molecule has 3 aliphatic rings. The van der Waals surface area contributed by atoms with Gasteiger partial charge in [-0.1, -0.05) is 45.0 Å². The van der Waals surface area contributed by atoms with E-state index in [4.69, 9.17) is 5.73 Å². The highest BCUT2D eigenvalue weighted by Crippen LogP contribution is 2.21. The van der Waals surface area contributed by atoms with Crippen LogP contribution in [0, 0.1) is 5.41 Å². The SMILES string of the molecule is CC(C)(C)C(=O)c1ccc(CNC23CNCCNCC(N)(CNCCNC2)CNCCNC3)cc1. The Hall–Kier alpha value is -1.43. The minimum absolute atomic E-state index is 0.161. The highest BCUT2D eigenvalue weighted by Gasteiger charge is 2.30. The third-order valence-electron chi connectivity index (χ3n) is 6.82. The molecule has 1 aromatic carbocycles. The van der Waals surface area contributed by atoms with Crippen LogP contribution < -0.4 is 43.0 Å². The number of ketones is 1. The summed E-state index contributed by atoms with van der Waals surface area (Å²) < 4.78 is 0. The first-order valence-corrected chi connectivity index (χ1v) is 13.1. The van der Waals surface area contributed by atoms with Crippen molar-refractivity contribution >= 4 is 5.78 Å². The molecule has 3 heterocycles. The molecule has 0 aromatic heterocycles. The van der Waals surface area contributed by atoms with Gasteiger partial charge in [-0.3, -0.25) is 4.79 Å². The average Bonchev–Trinajstić information content (AvgIpc) is 2.83. The average molecular weight is 489 g/mol. The molecule has 3 saturated heterocycles. The van der Waals surface area contributed by atoms with Gasteiger partial charge < -0.3 is 43.0 Å². The fourth-order valence-corrected chi connectivity index (χ4v) is 4.58. The van der Waals surface area contributed by atoms with Crippen molar-refractivity contribution in [3.63, 3.8) is 0 Å². The molecule has 198 valence electrons. The number of hydrogen-bond acceptors (Lipinski definition) is 9. The molecule has 0 aliphatic carbocycles. The molecule has 3 fully saturated rings. The van der Waals surface area contributed by atoms with E-state index in [9.17, 15) is 4.79 Å². The predicted molar refractivity (Wildman–Crippen MR) is 144 cm³/mol. The Morgan fingerprint density at radius 1 is 0.771 bits per heavy atom. The van der Waals surface area contributed by atoms with Gasteiger partial charge in [0.2, 0.25) is 0 Å². The molecule has 1 aromatic rings. The molecule has 0 amide bonds. The first kappa shape index (κ1) is 28.1. The van der Waals surface area contributed by atoms with E-state index in [2.05, 4.69) is 49.4 Å². The molecule has 4 rings (SSSR count). The third kappa shape index (κ3) is 9.18. The van der Waals surface area contributed by atoms with Gasteiger partial charge in [0, 0.05) is 96.1 Å². The van der Waals surface area contributed by atoms with Crippen LogP contribution >= 0.6 is 0 Å². The highest BCUT2D eigenvalue weighted by atomic mass is 16.1. The van der Waals surface area contributed by atoms with Gasteiger partial charge >= 0.3 is 0 Å². The second kappa shape index (κ2) is 13.2. The summed E-state index contributed by atoms with van der Waals surface area (Å²) >= 11 is 0. The molecule has 9 nitrogen and oxygen atoms in total. The first-order chi connectivity index (χ1) is 16.7. The molecular formula is C26H48N8O. The van der Waals surface area contributed by atoms with Crippen molar-refractivity contribution < 1.29 is 4.79 Å². The summed E-state index contributed by atoms with van der Waals surface area (Å²) in [6.07, 6.45) is 0. The highest BCUT2D eigenvalue weighted by molar-refractivity contribution is 5.99. The van der Waals surface area contributed by atoms with Gasteiger partial charge in [0.15, 0.2) is 5.78 Å². The molecule has 3 aliphatic heterocycles. The molecule has 35 heavy (non-hydrogen) atoms. The number of carbonyl (C=O) groups is 1. The number of nitrogens with one attached hydrogen (secondary N) is 7. The van der Waals surface area contributed by atoms with Gasteiger partial charge in [0.1, 0.15) is 0 Å². The van der Waals surface area contributed by atoms with E-state index < -0.39 is 0 Å². The maximum atomic E-state index is 12.6. The van der Waals surface area contributed by atoms with Crippen LogP contribution in [0.1, 0.15) is 36.7 Å². The minimum Gasteiger partial charge on any atom is -0.322 e. The Morgan fingerprint density at radius 3 is 1.57 bits per heavy atom. The van der Waals surface area contributed by atoms with Gasteiger partial charge in [0.25, 0.3) is 0 Å². The van der Waals surface area contributed by atoms with E-state index in [1.54, 1.807) is 0 Å². The maximum Gasteiger partial charge on any atom is 0.168 e. The lowest BCUT2D eigenvalue weighted by molar-refractivity contribution is 0.0858. The van der Waals surface area contributed by atoms with Crippen molar-refractivity contribution in [1.29, 1.82) is 0 Å². The zero-order chi connectivity index (χ0) is 25.2. The number of fused-ring (bicyclic) bond motifs is 15. The first-order valence-electron chi connectivity index (χ1n) is 13.1. The zero-order valence-corrected chi connectivity index (χ0v) is 22.0. The van der Waals surface area contributed by atoms with Gasteiger partial charge in [-0.05, 0) is 5.56 Å². The molecule has 2 bridgehead atoms. The molecule has 9 heteroatoms. The topological polar surface area (TPSA) is 127 Å². The molecule has 0 radical (unpaired) electrons. The zero-order valence-electron chi connectivity index (χ0n) is 22.0. The van der Waals surface area contributed by atoms with Crippen LogP contribution in [0.25, 0.3) is 0 Å². The summed E-state index contributed by atoms with van der Waals surface area (Å²) in [5.74, 6) is 0.174. The summed E-state index contributed by atoms with van der Waals surface area (Å²) in [4.78, 5) is 12.6. The Bertz CT molecular complexity index is 733. The van der Waals surface area contributed by atoms with Crippen LogP contribution in [0.2, 0.25) is 0 Å². The number of nitrogens with two attached hydrogens (primary N) is 1. The Balaban J connectivity index is 1.70. The van der Waals surface area contributed by atoms with Gasteiger partial charge in [-0.2, -0.15) is 0 Å². The lowest BCUT2D eigenvalue weighted by atomic mass is 9.86. The minimum atomic E-state index is -0.372. The summed E-state index contributed by atoms with van der Waals surface area (Å²) in [6.45, 7) is 16.7. The molecule has 0 unspecified atom stereocenters. The summed E-state index contributed by atoms with van der Waals surface area (Å²) in [7, 11) is 0. The van der Waals surface area contributed by atoms with Crippen LogP contribution in [0.5, 0.6) is 0 Å². The number of rotatable bonds is 4. The largest absolute Gasteiger partial charge is 0.322 e. The molecule has 0 saturated carbocycles. The summed E-state index contributed by atoms with van der Waals surface area (Å²) in [5.41, 5.74) is 7.79. The van der Waals surface area contributed by atoms with Gasteiger partial charge in [-0.15, -0.1) is 0 Å². The van der Waals surface area contributed by atoms with E-state index in [-0.39, 0.29) is 22.3 Å². The van der Waals surface area contributed by atoms with Crippen LogP contribution in [-0.2, 0) is 6.54 Å². The van der Waals surface area contributed by atoms with Crippen molar-refractivity contribution in [2.75, 3.05) is 78.5 Å². The van der Waals surface area contributed by atoms with Crippen molar-refractivity contribution in [3.05, 3.63) is 35.4 Å². The van der Waals surface area contributed by atoms with Gasteiger partial charge in [-0.25, -0.2) is 0 Å². The van der Waals surface area contributed by atoms with Crippen molar-refractivity contribution in [2.45, 2.75) is 38.4 Å². The Kier molecular flexibility index (Phi) is 10.6. The van der Waals surface area contributed by atoms with E-state index in [0.29, 0.717) is 0 Å². The number of hydrogen-bond donors (Lipinski definition) is 8. The Morgan fingerprint density at radius 2 is 1.17 bits per heavy atom. The Labute approximate surface area is 211 Å². The fourth-order valence-electron chi connectivity index (χ4n) is 4.58. The number of Topliss-reactive ketones (excluding diaryl/α,β-unsaturated/α-hetero) is 1. The van der Waals surface area contributed by atoms with Crippen LogP contribution in [-0.4, -0.2) is 95.4 Å². The van der Waals surface area contributed by atoms with Gasteiger partial charge in [0.05, 0.1) is 11.1 Å². The quantitative estimate of drug-likeness (QED) is 0.252. The maximum absolute atomic E-state index is 12.6. The normalized spacial score (nSPS) is 28.2. The van der Waals surface area contributed by atoms with Crippen molar-refractivity contribution in [3.8, 4) is 0 Å². The van der Waals surface area contributed by atoms with Crippen LogP contribution in [0.3, 0.4) is 0 Å². The van der Waals surface area contributed by atoms with E-state index in [0.717, 1.165) is 90.6 Å². The monoisotopic (exact) mass is 488 g/mol. The smallest absolute Gasteiger partial charge is 0.168 e. The van der Waals surface area contributed by atoms with Crippen LogP contribution in [0.4, 0.5) is 0 Å². The predicted octanol–water partition coefficient (Wildman–Crippen LogP) is -0.994. The third-order valence-corrected chi connectivity index (χ3v) is 6.82. The fraction of sp³-hybridized carbons (Fsp3) is 0.731. The van der Waals surface area contributed by atoms with E-state index in [1.807, 2.05) is 32.9 Å². The molecule has 0 spiro atoms. The lowest BCUT2D eigenvalue weighted by Crippen LogP contribution is -2.66. The van der Waals surface area contributed by atoms with E-state index >= 15 is 0 Å². The van der Waals surface area contributed by atoms with E-state index in [1.165, 1.54) is 5.56 Å². The molecule has 9 N–H and O–H groups in total. The second-order valence-electron chi connectivity index (χ2n) is 11.3.